The Kier molecular flexibility index (Phi) is 2.35. The first-order chi connectivity index (χ1) is 5.15. The van der Waals surface area contributed by atoms with Gasteiger partial charge in [-0.3, -0.25) is 0 Å². The van der Waals surface area contributed by atoms with E-state index in [4.69, 9.17) is 10.2 Å². The normalized spacial score (nSPS) is 13.5. The van der Waals surface area contributed by atoms with Crippen molar-refractivity contribution in [2.45, 2.75) is 33.2 Å². The molecule has 0 spiro atoms. The van der Waals surface area contributed by atoms with Crippen molar-refractivity contribution in [3.8, 4) is 0 Å². The number of hydrogen-bond donors (Lipinski definition) is 1. The molecule has 1 aromatic rings. The Morgan fingerprint density at radius 3 is 2.55 bits per heavy atom. The molecule has 0 aliphatic carbocycles. The molecule has 0 radical (unpaired) electrons. The van der Waals surface area contributed by atoms with Crippen LogP contribution in [0, 0.1) is 13.8 Å². The molecule has 0 bridgehead atoms. The third-order valence-electron chi connectivity index (χ3n) is 1.99. The van der Waals surface area contributed by atoms with Crippen LogP contribution < -0.4 is 5.73 Å². The summed E-state index contributed by atoms with van der Waals surface area (Å²) in [4.78, 5) is 0. The molecule has 2 N–H and O–H groups in total. The first-order valence-corrected chi connectivity index (χ1v) is 3.97. The van der Waals surface area contributed by atoms with Gasteiger partial charge < -0.3 is 10.2 Å². The summed E-state index contributed by atoms with van der Waals surface area (Å²) in [7, 11) is 0. The molecule has 0 saturated carbocycles. The summed E-state index contributed by atoms with van der Waals surface area (Å²) in [5.74, 6) is 1.88. The van der Waals surface area contributed by atoms with Gasteiger partial charge in [-0.1, -0.05) is 6.92 Å². The van der Waals surface area contributed by atoms with Gasteiger partial charge in [0.2, 0.25) is 0 Å². The first kappa shape index (κ1) is 8.34. The van der Waals surface area contributed by atoms with Crippen LogP contribution in [-0.2, 0) is 0 Å². The van der Waals surface area contributed by atoms with E-state index >= 15 is 0 Å². The third-order valence-corrected chi connectivity index (χ3v) is 1.99. The van der Waals surface area contributed by atoms with Gasteiger partial charge in [0.15, 0.2) is 0 Å². The molecule has 0 saturated heterocycles. The highest BCUT2D eigenvalue weighted by atomic mass is 16.3. The summed E-state index contributed by atoms with van der Waals surface area (Å²) < 4.78 is 5.44. The zero-order chi connectivity index (χ0) is 8.43. The van der Waals surface area contributed by atoms with E-state index in [1.165, 1.54) is 5.56 Å². The Hall–Kier alpha value is -0.760. The number of nitrogens with two attached hydrogens (primary N) is 1. The summed E-state index contributed by atoms with van der Waals surface area (Å²) in [6.45, 7) is 6.05. The van der Waals surface area contributed by atoms with E-state index in [2.05, 4.69) is 6.92 Å². The largest absolute Gasteiger partial charge is 0.464 e. The molecule has 11 heavy (non-hydrogen) atoms. The summed E-state index contributed by atoms with van der Waals surface area (Å²) in [5.41, 5.74) is 6.97. The van der Waals surface area contributed by atoms with Crippen LogP contribution in [0.25, 0.3) is 0 Å². The Morgan fingerprint density at radius 1 is 1.55 bits per heavy atom. The van der Waals surface area contributed by atoms with Crippen molar-refractivity contribution in [1.29, 1.82) is 0 Å². The second-order valence-corrected chi connectivity index (χ2v) is 2.90. The molecular weight excluding hydrogens is 138 g/mol. The van der Waals surface area contributed by atoms with Gasteiger partial charge in [-0.25, -0.2) is 0 Å². The Morgan fingerprint density at radius 2 is 2.18 bits per heavy atom. The van der Waals surface area contributed by atoms with Crippen LogP contribution in [0.3, 0.4) is 0 Å². The summed E-state index contributed by atoms with van der Waals surface area (Å²) in [6, 6.07) is 2.08. The SMILES string of the molecule is CC[C@@H](N)c1cc(C)c(C)o1. The minimum Gasteiger partial charge on any atom is -0.464 e. The Labute approximate surface area is 67.4 Å². The smallest absolute Gasteiger partial charge is 0.121 e. The van der Waals surface area contributed by atoms with Crippen LogP contribution in [0.5, 0.6) is 0 Å². The quantitative estimate of drug-likeness (QED) is 0.708. The molecule has 2 heteroatoms. The Balaban J connectivity index is 2.88. The monoisotopic (exact) mass is 153 g/mol. The summed E-state index contributed by atoms with van der Waals surface area (Å²) in [5, 5.41) is 0. The molecule has 1 aromatic heterocycles. The van der Waals surface area contributed by atoms with E-state index in [1.54, 1.807) is 0 Å². The van der Waals surface area contributed by atoms with Crippen LogP contribution in [0.15, 0.2) is 10.5 Å². The zero-order valence-electron chi connectivity index (χ0n) is 7.35. The van der Waals surface area contributed by atoms with E-state index in [-0.39, 0.29) is 6.04 Å². The van der Waals surface area contributed by atoms with Crippen LogP contribution in [0.1, 0.15) is 36.5 Å². The highest BCUT2D eigenvalue weighted by Crippen LogP contribution is 2.19. The maximum absolute atomic E-state index is 5.78. The topological polar surface area (TPSA) is 39.2 Å². The van der Waals surface area contributed by atoms with Crippen molar-refractivity contribution in [1.82, 2.24) is 0 Å². The lowest BCUT2D eigenvalue weighted by atomic mass is 10.2. The molecule has 0 amide bonds. The number of furan rings is 1. The van der Waals surface area contributed by atoms with E-state index in [0.717, 1.165) is 17.9 Å². The van der Waals surface area contributed by atoms with Crippen LogP contribution in [0.2, 0.25) is 0 Å². The number of hydrogen-bond acceptors (Lipinski definition) is 2. The first-order valence-electron chi connectivity index (χ1n) is 3.97. The molecule has 1 atom stereocenters. The maximum atomic E-state index is 5.78. The van der Waals surface area contributed by atoms with Gasteiger partial charge in [-0.05, 0) is 31.9 Å². The van der Waals surface area contributed by atoms with Gasteiger partial charge in [-0.15, -0.1) is 0 Å². The second-order valence-electron chi connectivity index (χ2n) is 2.90. The predicted molar refractivity (Wildman–Crippen MR) is 45.4 cm³/mol. The molecule has 0 fully saturated rings. The molecule has 0 unspecified atom stereocenters. The molecule has 0 aromatic carbocycles. The van der Waals surface area contributed by atoms with Gasteiger partial charge >= 0.3 is 0 Å². The van der Waals surface area contributed by atoms with Crippen molar-refractivity contribution >= 4 is 0 Å². The van der Waals surface area contributed by atoms with Crippen molar-refractivity contribution in [2.75, 3.05) is 0 Å². The fourth-order valence-corrected chi connectivity index (χ4v) is 0.986. The molecule has 1 heterocycles. The van der Waals surface area contributed by atoms with Crippen molar-refractivity contribution < 1.29 is 4.42 Å². The highest BCUT2D eigenvalue weighted by molar-refractivity contribution is 5.20. The average Bonchev–Trinajstić information content (AvgIpc) is 2.31. The van der Waals surface area contributed by atoms with Crippen molar-refractivity contribution in [2.24, 2.45) is 5.73 Å². The lowest BCUT2D eigenvalue weighted by Gasteiger charge is -2.02. The molecular formula is C9H15NO. The molecule has 0 aliphatic rings. The minimum atomic E-state index is 0.0578. The van der Waals surface area contributed by atoms with Gasteiger partial charge in [-0.2, -0.15) is 0 Å². The van der Waals surface area contributed by atoms with Gasteiger partial charge in [0.05, 0.1) is 6.04 Å². The van der Waals surface area contributed by atoms with E-state index < -0.39 is 0 Å². The minimum absolute atomic E-state index is 0.0578. The van der Waals surface area contributed by atoms with Crippen LogP contribution in [-0.4, -0.2) is 0 Å². The van der Waals surface area contributed by atoms with E-state index in [9.17, 15) is 0 Å². The van der Waals surface area contributed by atoms with Crippen LogP contribution in [0.4, 0.5) is 0 Å². The van der Waals surface area contributed by atoms with Crippen LogP contribution >= 0.6 is 0 Å². The van der Waals surface area contributed by atoms with Crippen molar-refractivity contribution in [3.05, 3.63) is 23.2 Å². The molecule has 2 nitrogen and oxygen atoms in total. The van der Waals surface area contributed by atoms with Crippen molar-refractivity contribution in [3.63, 3.8) is 0 Å². The fourth-order valence-electron chi connectivity index (χ4n) is 0.986. The van der Waals surface area contributed by atoms with E-state index in [0.29, 0.717) is 0 Å². The molecule has 62 valence electrons. The fraction of sp³-hybridized carbons (Fsp3) is 0.556. The number of aryl methyl sites for hydroxylation is 2. The lowest BCUT2D eigenvalue weighted by Crippen LogP contribution is -2.06. The van der Waals surface area contributed by atoms with Gasteiger partial charge in [0, 0.05) is 0 Å². The molecule has 0 aliphatic heterocycles. The number of rotatable bonds is 2. The lowest BCUT2D eigenvalue weighted by molar-refractivity contribution is 0.440. The predicted octanol–water partition coefficient (Wildman–Crippen LogP) is 2.31. The highest BCUT2D eigenvalue weighted by Gasteiger charge is 2.09. The standard InChI is InChI=1S/C9H15NO/c1-4-8(10)9-5-6(2)7(3)11-9/h5,8H,4,10H2,1-3H3/t8-/m1/s1. The van der Waals surface area contributed by atoms with Gasteiger partial charge in [0.25, 0.3) is 0 Å². The summed E-state index contributed by atoms with van der Waals surface area (Å²) >= 11 is 0. The summed E-state index contributed by atoms with van der Waals surface area (Å²) in [6.07, 6.45) is 0.923. The second kappa shape index (κ2) is 3.09. The van der Waals surface area contributed by atoms with Gasteiger partial charge in [0.1, 0.15) is 11.5 Å². The average molecular weight is 153 g/mol. The van der Waals surface area contributed by atoms with E-state index in [1.807, 2.05) is 19.9 Å². The molecule has 1 rings (SSSR count). The maximum Gasteiger partial charge on any atom is 0.121 e. The zero-order valence-corrected chi connectivity index (χ0v) is 7.35. The third kappa shape index (κ3) is 1.63. The Bertz CT molecular complexity index is 220.